The largest absolute Gasteiger partial charge is 0.456 e. The van der Waals surface area contributed by atoms with Gasteiger partial charge in [0.25, 0.3) is 0 Å². The molecule has 3 nitrogen and oxygen atoms in total. The molecule has 0 spiro atoms. The molecule has 0 N–H and O–H groups in total. The number of hydrogen-bond donors (Lipinski definition) is 0. The second-order valence-corrected chi connectivity index (χ2v) is 6.26. The van der Waals surface area contributed by atoms with Gasteiger partial charge in [-0.3, -0.25) is 0 Å². The van der Waals surface area contributed by atoms with Gasteiger partial charge >= 0.3 is 12.1 Å². The maximum Gasteiger partial charge on any atom is 0.416 e. The van der Waals surface area contributed by atoms with Crippen LogP contribution in [-0.4, -0.2) is 5.97 Å². The number of halogens is 4. The average Bonchev–Trinajstić information content (AvgIpc) is 2.70. The van der Waals surface area contributed by atoms with Crippen LogP contribution < -0.4 is 4.74 Å². The standard InChI is InChI=1S/C17H12ClF3O3/c1-16(2)12-8-10(4-5-11(12)15(22)24-16)23-14-6-3-9(7-13(14)18)17(19,20)21/h3-8H,1-2H3. The fourth-order valence-corrected chi connectivity index (χ4v) is 2.71. The van der Waals surface area contributed by atoms with Crippen molar-refractivity contribution in [2.45, 2.75) is 25.6 Å². The van der Waals surface area contributed by atoms with Crippen LogP contribution in [0.2, 0.25) is 5.02 Å². The summed E-state index contributed by atoms with van der Waals surface area (Å²) in [6.45, 7) is 3.48. The average molecular weight is 357 g/mol. The van der Waals surface area contributed by atoms with Gasteiger partial charge in [-0.05, 0) is 50.2 Å². The van der Waals surface area contributed by atoms with Crippen molar-refractivity contribution in [3.8, 4) is 11.5 Å². The highest BCUT2D eigenvalue weighted by Gasteiger charge is 2.38. The molecule has 1 aliphatic heterocycles. The van der Waals surface area contributed by atoms with E-state index in [1.807, 2.05) is 0 Å². The van der Waals surface area contributed by atoms with Crippen LogP contribution >= 0.6 is 11.6 Å². The molecule has 0 unspecified atom stereocenters. The smallest absolute Gasteiger partial charge is 0.416 e. The van der Waals surface area contributed by atoms with E-state index in [1.54, 1.807) is 26.0 Å². The van der Waals surface area contributed by atoms with Crippen molar-refractivity contribution in [3.05, 3.63) is 58.1 Å². The first-order valence-electron chi connectivity index (χ1n) is 7.00. The summed E-state index contributed by atoms with van der Waals surface area (Å²) in [5, 5.41) is -0.156. The van der Waals surface area contributed by atoms with Gasteiger partial charge in [0.2, 0.25) is 0 Å². The van der Waals surface area contributed by atoms with Gasteiger partial charge in [-0.2, -0.15) is 13.2 Å². The Labute approximate surface area is 140 Å². The van der Waals surface area contributed by atoms with Crippen LogP contribution in [0.3, 0.4) is 0 Å². The minimum absolute atomic E-state index is 0.0904. The van der Waals surface area contributed by atoms with E-state index in [0.717, 1.165) is 18.2 Å². The van der Waals surface area contributed by atoms with Crippen LogP contribution in [0, 0.1) is 0 Å². The third-order valence-electron chi connectivity index (χ3n) is 3.69. The summed E-state index contributed by atoms with van der Waals surface area (Å²) in [6, 6.07) is 7.57. The Bertz CT molecular complexity index is 828. The number of alkyl halides is 3. The van der Waals surface area contributed by atoms with Gasteiger partial charge in [-0.15, -0.1) is 0 Å². The number of carbonyl (C=O) groups excluding carboxylic acids is 1. The first-order valence-corrected chi connectivity index (χ1v) is 7.38. The molecule has 0 atom stereocenters. The van der Waals surface area contributed by atoms with Gasteiger partial charge in [0.05, 0.1) is 16.1 Å². The number of cyclic esters (lactones) is 1. The maximum absolute atomic E-state index is 12.7. The normalized spacial score (nSPS) is 15.8. The van der Waals surface area contributed by atoms with Crippen LogP contribution in [0.25, 0.3) is 0 Å². The fourth-order valence-electron chi connectivity index (χ4n) is 2.49. The second kappa shape index (κ2) is 5.41. The Morgan fingerprint density at radius 2 is 1.83 bits per heavy atom. The first-order chi connectivity index (χ1) is 11.1. The van der Waals surface area contributed by atoms with Crippen molar-refractivity contribution in [1.29, 1.82) is 0 Å². The van der Waals surface area contributed by atoms with Crippen molar-refractivity contribution in [2.75, 3.05) is 0 Å². The third-order valence-corrected chi connectivity index (χ3v) is 3.99. The van der Waals surface area contributed by atoms with Crippen molar-refractivity contribution < 1.29 is 27.4 Å². The summed E-state index contributed by atoms with van der Waals surface area (Å²) >= 11 is 5.88. The monoisotopic (exact) mass is 356 g/mol. The van der Waals surface area contributed by atoms with Crippen molar-refractivity contribution in [1.82, 2.24) is 0 Å². The molecule has 1 aliphatic rings. The topological polar surface area (TPSA) is 35.5 Å². The fraction of sp³-hybridized carbons (Fsp3) is 0.235. The van der Waals surface area contributed by atoms with Crippen molar-refractivity contribution in [2.24, 2.45) is 0 Å². The van der Waals surface area contributed by atoms with Gasteiger partial charge in [0, 0.05) is 5.56 Å². The summed E-state index contributed by atoms with van der Waals surface area (Å²) in [4.78, 5) is 11.7. The third kappa shape index (κ3) is 2.94. The molecule has 0 aliphatic carbocycles. The summed E-state index contributed by atoms with van der Waals surface area (Å²) in [7, 11) is 0. The van der Waals surface area contributed by atoms with E-state index in [-0.39, 0.29) is 10.8 Å². The molecular weight excluding hydrogens is 345 g/mol. The van der Waals surface area contributed by atoms with E-state index < -0.39 is 23.3 Å². The first kappa shape index (κ1) is 16.6. The predicted octanol–water partition coefficient (Wildman–Crippen LogP) is 5.56. The quantitative estimate of drug-likeness (QED) is 0.661. The van der Waals surface area contributed by atoms with E-state index >= 15 is 0 Å². The molecule has 24 heavy (non-hydrogen) atoms. The van der Waals surface area contributed by atoms with Crippen LogP contribution in [0.1, 0.15) is 35.3 Å². The molecule has 0 aromatic heterocycles. The van der Waals surface area contributed by atoms with Crippen LogP contribution in [0.4, 0.5) is 13.2 Å². The van der Waals surface area contributed by atoms with Crippen molar-refractivity contribution in [3.63, 3.8) is 0 Å². The van der Waals surface area contributed by atoms with Gasteiger partial charge in [0.1, 0.15) is 17.1 Å². The Morgan fingerprint density at radius 3 is 2.46 bits per heavy atom. The van der Waals surface area contributed by atoms with Gasteiger partial charge in [-0.1, -0.05) is 11.6 Å². The number of benzene rings is 2. The number of rotatable bonds is 2. The zero-order valence-electron chi connectivity index (χ0n) is 12.7. The number of carbonyl (C=O) groups is 1. The van der Waals surface area contributed by atoms with Crippen LogP contribution in [0.5, 0.6) is 11.5 Å². The maximum atomic E-state index is 12.7. The molecular formula is C17H12ClF3O3. The molecule has 0 bridgehead atoms. The zero-order chi connectivity index (χ0) is 17.7. The van der Waals surface area contributed by atoms with Gasteiger partial charge in [-0.25, -0.2) is 4.79 Å². The van der Waals surface area contributed by atoms with Crippen LogP contribution in [0.15, 0.2) is 36.4 Å². The highest BCUT2D eigenvalue weighted by molar-refractivity contribution is 6.32. The molecule has 0 saturated carbocycles. The lowest BCUT2D eigenvalue weighted by Crippen LogP contribution is -2.16. The molecule has 0 fully saturated rings. The highest BCUT2D eigenvalue weighted by Crippen LogP contribution is 2.40. The Balaban J connectivity index is 1.92. The minimum atomic E-state index is -4.47. The van der Waals surface area contributed by atoms with E-state index in [0.29, 0.717) is 16.9 Å². The van der Waals surface area contributed by atoms with E-state index in [1.165, 1.54) is 6.07 Å². The molecule has 0 amide bonds. The number of esters is 1. The summed E-state index contributed by atoms with van der Waals surface area (Å²) in [5.74, 6) is 0.0172. The number of fused-ring (bicyclic) bond motifs is 1. The Kier molecular flexibility index (Phi) is 3.75. The lowest BCUT2D eigenvalue weighted by atomic mass is 9.96. The molecule has 7 heteroatoms. The number of ether oxygens (including phenoxy) is 2. The summed E-state index contributed by atoms with van der Waals surface area (Å²) in [5.41, 5.74) is -0.566. The van der Waals surface area contributed by atoms with E-state index in [2.05, 4.69) is 0 Å². The molecule has 0 radical (unpaired) electrons. The Morgan fingerprint density at radius 1 is 1.12 bits per heavy atom. The van der Waals surface area contributed by atoms with Crippen molar-refractivity contribution >= 4 is 17.6 Å². The van der Waals surface area contributed by atoms with Gasteiger partial charge in [0.15, 0.2) is 0 Å². The lowest BCUT2D eigenvalue weighted by Gasteiger charge is -2.18. The molecule has 126 valence electrons. The zero-order valence-corrected chi connectivity index (χ0v) is 13.5. The lowest BCUT2D eigenvalue weighted by molar-refractivity contribution is -0.137. The van der Waals surface area contributed by atoms with Crippen LogP contribution in [-0.2, 0) is 16.5 Å². The van der Waals surface area contributed by atoms with E-state index in [9.17, 15) is 18.0 Å². The Hall–Kier alpha value is -2.21. The molecule has 1 heterocycles. The SMILES string of the molecule is CC1(C)OC(=O)c2ccc(Oc3ccc(C(F)(F)F)cc3Cl)cc21. The van der Waals surface area contributed by atoms with Gasteiger partial charge < -0.3 is 9.47 Å². The second-order valence-electron chi connectivity index (χ2n) is 5.85. The number of hydrogen-bond acceptors (Lipinski definition) is 3. The molecule has 3 rings (SSSR count). The predicted molar refractivity (Wildman–Crippen MR) is 81.4 cm³/mol. The summed E-state index contributed by atoms with van der Waals surface area (Å²) < 4.78 is 48.8. The highest BCUT2D eigenvalue weighted by atomic mass is 35.5. The van der Waals surface area contributed by atoms with E-state index in [4.69, 9.17) is 21.1 Å². The molecule has 2 aromatic rings. The molecule has 0 saturated heterocycles. The molecule has 2 aromatic carbocycles. The minimum Gasteiger partial charge on any atom is -0.456 e. The summed E-state index contributed by atoms with van der Waals surface area (Å²) in [6.07, 6.45) is -4.47.